The zero-order valence-corrected chi connectivity index (χ0v) is 11.8. The summed E-state index contributed by atoms with van der Waals surface area (Å²) in [6, 6.07) is 7.13. The van der Waals surface area contributed by atoms with E-state index in [0.29, 0.717) is 38.7 Å². The maximum atomic E-state index is 11.9. The zero-order chi connectivity index (χ0) is 14.2. The van der Waals surface area contributed by atoms with Gasteiger partial charge in [-0.2, -0.15) is 0 Å². The maximum Gasteiger partial charge on any atom is 0.415 e. The van der Waals surface area contributed by atoms with E-state index >= 15 is 0 Å². The quantitative estimate of drug-likeness (QED) is 0.778. The summed E-state index contributed by atoms with van der Waals surface area (Å²) in [5.41, 5.74) is 0. The predicted octanol–water partition coefficient (Wildman–Crippen LogP) is 2.70. The van der Waals surface area contributed by atoms with Crippen LogP contribution in [0.15, 0.2) is 24.3 Å². The molecule has 1 amide bonds. The molecule has 20 heavy (non-hydrogen) atoms. The Balaban J connectivity index is 1.81. The molecule has 110 valence electrons. The Labute approximate surface area is 119 Å². The zero-order valence-electron chi connectivity index (χ0n) is 11.8. The Morgan fingerprint density at radius 3 is 2.50 bits per heavy atom. The number of ether oxygens (including phenoxy) is 3. The molecule has 0 N–H and O–H groups in total. The molecule has 0 atom stereocenters. The van der Waals surface area contributed by atoms with Crippen molar-refractivity contribution in [3.63, 3.8) is 0 Å². The average Bonchev–Trinajstić information content (AvgIpc) is 2.50. The van der Waals surface area contributed by atoms with Crippen molar-refractivity contribution in [3.05, 3.63) is 24.3 Å². The molecule has 5 nitrogen and oxygen atoms in total. The highest BCUT2D eigenvalue weighted by atomic mass is 16.6. The van der Waals surface area contributed by atoms with Crippen LogP contribution in [0.2, 0.25) is 0 Å². The van der Waals surface area contributed by atoms with Crippen molar-refractivity contribution in [2.75, 3.05) is 32.9 Å². The van der Waals surface area contributed by atoms with Crippen molar-refractivity contribution >= 4 is 6.09 Å². The first-order valence-corrected chi connectivity index (χ1v) is 7.07. The largest absolute Gasteiger partial charge is 0.494 e. The standard InChI is InChI=1S/C15H21NO4/c1-2-3-10-19-13-4-6-14(7-5-13)20-15(17)16-8-11-18-12-9-16/h4-7H,2-3,8-12H2,1H3. The van der Waals surface area contributed by atoms with Crippen molar-refractivity contribution in [2.45, 2.75) is 19.8 Å². The number of carbonyl (C=O) groups is 1. The first kappa shape index (κ1) is 14.7. The first-order chi connectivity index (χ1) is 9.79. The molecule has 0 bridgehead atoms. The molecule has 5 heteroatoms. The molecule has 1 aliphatic heterocycles. The van der Waals surface area contributed by atoms with E-state index in [4.69, 9.17) is 14.2 Å². The van der Waals surface area contributed by atoms with Gasteiger partial charge < -0.3 is 19.1 Å². The molecule has 1 saturated heterocycles. The van der Waals surface area contributed by atoms with Gasteiger partial charge in [0.25, 0.3) is 0 Å². The van der Waals surface area contributed by atoms with Gasteiger partial charge in [-0.25, -0.2) is 4.79 Å². The minimum Gasteiger partial charge on any atom is -0.494 e. The van der Waals surface area contributed by atoms with E-state index in [-0.39, 0.29) is 6.09 Å². The van der Waals surface area contributed by atoms with Gasteiger partial charge in [0.05, 0.1) is 19.8 Å². The Morgan fingerprint density at radius 2 is 1.85 bits per heavy atom. The molecule has 0 aromatic heterocycles. The van der Waals surface area contributed by atoms with E-state index in [1.165, 1.54) is 0 Å². The summed E-state index contributed by atoms with van der Waals surface area (Å²) in [6.07, 6.45) is 1.82. The number of rotatable bonds is 5. The van der Waals surface area contributed by atoms with E-state index in [9.17, 15) is 4.79 Å². The molecule has 1 fully saturated rings. The minimum absolute atomic E-state index is 0.326. The summed E-state index contributed by atoms with van der Waals surface area (Å²) >= 11 is 0. The monoisotopic (exact) mass is 279 g/mol. The molecule has 2 rings (SSSR count). The van der Waals surface area contributed by atoms with Gasteiger partial charge in [-0.15, -0.1) is 0 Å². The molecule has 1 aromatic carbocycles. The molecule has 1 aliphatic rings. The fourth-order valence-electron chi connectivity index (χ4n) is 1.85. The Hall–Kier alpha value is -1.75. The van der Waals surface area contributed by atoms with E-state index in [1.54, 1.807) is 17.0 Å². The number of hydrogen-bond acceptors (Lipinski definition) is 4. The van der Waals surface area contributed by atoms with Crippen LogP contribution in [-0.2, 0) is 4.74 Å². The second kappa shape index (κ2) is 7.75. The van der Waals surface area contributed by atoms with Crippen LogP contribution < -0.4 is 9.47 Å². The van der Waals surface area contributed by atoms with Crippen LogP contribution in [0.3, 0.4) is 0 Å². The third-order valence-corrected chi connectivity index (χ3v) is 3.06. The SMILES string of the molecule is CCCCOc1ccc(OC(=O)N2CCOCC2)cc1. The van der Waals surface area contributed by atoms with Gasteiger partial charge in [0.2, 0.25) is 0 Å². The van der Waals surface area contributed by atoms with Gasteiger partial charge in [0, 0.05) is 13.1 Å². The maximum absolute atomic E-state index is 11.9. The summed E-state index contributed by atoms with van der Waals surface area (Å²) in [5.74, 6) is 1.33. The summed E-state index contributed by atoms with van der Waals surface area (Å²) in [7, 11) is 0. The van der Waals surface area contributed by atoms with Crippen LogP contribution in [0.4, 0.5) is 4.79 Å². The van der Waals surface area contributed by atoms with Crippen LogP contribution in [-0.4, -0.2) is 43.9 Å². The third kappa shape index (κ3) is 4.42. The van der Waals surface area contributed by atoms with Crippen molar-refractivity contribution in [3.8, 4) is 11.5 Å². The molecule has 0 unspecified atom stereocenters. The summed E-state index contributed by atoms with van der Waals surface area (Å²) in [5, 5.41) is 0. The number of unbranched alkanes of at least 4 members (excludes halogenated alkanes) is 1. The molecule has 0 saturated carbocycles. The lowest BCUT2D eigenvalue weighted by Gasteiger charge is -2.25. The number of nitrogens with zero attached hydrogens (tertiary/aromatic N) is 1. The average molecular weight is 279 g/mol. The lowest BCUT2D eigenvalue weighted by molar-refractivity contribution is 0.0416. The van der Waals surface area contributed by atoms with Crippen molar-refractivity contribution < 1.29 is 19.0 Å². The fourth-order valence-corrected chi connectivity index (χ4v) is 1.85. The van der Waals surface area contributed by atoms with Gasteiger partial charge in [0.1, 0.15) is 11.5 Å². The highest BCUT2D eigenvalue weighted by Crippen LogP contribution is 2.18. The van der Waals surface area contributed by atoms with E-state index in [1.807, 2.05) is 12.1 Å². The van der Waals surface area contributed by atoms with Gasteiger partial charge in [0.15, 0.2) is 0 Å². The van der Waals surface area contributed by atoms with E-state index in [2.05, 4.69) is 6.92 Å². The second-order valence-electron chi connectivity index (χ2n) is 4.64. The van der Waals surface area contributed by atoms with E-state index in [0.717, 1.165) is 18.6 Å². The normalized spacial score (nSPS) is 14.9. The van der Waals surface area contributed by atoms with Crippen LogP contribution in [0.25, 0.3) is 0 Å². The Bertz CT molecular complexity index is 412. The highest BCUT2D eigenvalue weighted by molar-refractivity contribution is 5.70. The molecule has 0 aliphatic carbocycles. The van der Waals surface area contributed by atoms with Crippen LogP contribution >= 0.6 is 0 Å². The van der Waals surface area contributed by atoms with Crippen molar-refractivity contribution in [1.29, 1.82) is 0 Å². The van der Waals surface area contributed by atoms with Crippen molar-refractivity contribution in [1.82, 2.24) is 4.90 Å². The Morgan fingerprint density at radius 1 is 1.20 bits per heavy atom. The van der Waals surface area contributed by atoms with Gasteiger partial charge in [-0.05, 0) is 30.7 Å². The topological polar surface area (TPSA) is 48.0 Å². The summed E-state index contributed by atoms with van der Waals surface area (Å²) in [6.45, 7) is 5.13. The van der Waals surface area contributed by atoms with Gasteiger partial charge >= 0.3 is 6.09 Å². The molecule has 0 spiro atoms. The van der Waals surface area contributed by atoms with Gasteiger partial charge in [-0.1, -0.05) is 13.3 Å². The molecule has 0 radical (unpaired) electrons. The smallest absolute Gasteiger partial charge is 0.415 e. The number of carbonyl (C=O) groups excluding carboxylic acids is 1. The summed E-state index contributed by atoms with van der Waals surface area (Å²) < 4.78 is 16.1. The lowest BCUT2D eigenvalue weighted by atomic mass is 10.3. The van der Waals surface area contributed by atoms with Crippen molar-refractivity contribution in [2.24, 2.45) is 0 Å². The Kier molecular flexibility index (Phi) is 5.68. The predicted molar refractivity (Wildman–Crippen MR) is 75.3 cm³/mol. The van der Waals surface area contributed by atoms with Gasteiger partial charge in [-0.3, -0.25) is 0 Å². The number of morpholine rings is 1. The molecule has 1 aromatic rings. The highest BCUT2D eigenvalue weighted by Gasteiger charge is 2.18. The summed E-state index contributed by atoms with van der Waals surface area (Å²) in [4.78, 5) is 13.5. The van der Waals surface area contributed by atoms with Crippen LogP contribution in [0.1, 0.15) is 19.8 Å². The second-order valence-corrected chi connectivity index (χ2v) is 4.64. The molecule has 1 heterocycles. The number of hydrogen-bond donors (Lipinski definition) is 0. The third-order valence-electron chi connectivity index (χ3n) is 3.06. The van der Waals surface area contributed by atoms with E-state index < -0.39 is 0 Å². The van der Waals surface area contributed by atoms with Crippen LogP contribution in [0, 0.1) is 0 Å². The molecular weight excluding hydrogens is 258 g/mol. The fraction of sp³-hybridized carbons (Fsp3) is 0.533. The first-order valence-electron chi connectivity index (χ1n) is 7.07. The molecular formula is C15H21NO4. The lowest BCUT2D eigenvalue weighted by Crippen LogP contribution is -2.42. The number of benzene rings is 1. The van der Waals surface area contributed by atoms with Crippen LogP contribution in [0.5, 0.6) is 11.5 Å². The number of amides is 1. The minimum atomic E-state index is -0.326.